The van der Waals surface area contributed by atoms with Crippen molar-refractivity contribution < 1.29 is 39.2 Å². The highest BCUT2D eigenvalue weighted by molar-refractivity contribution is 5.97. The molecule has 0 saturated heterocycles. The lowest BCUT2D eigenvalue weighted by atomic mass is 9.95. The molecule has 0 fully saturated rings. The molecule has 4 N–H and O–H groups in total. The van der Waals surface area contributed by atoms with Gasteiger partial charge in [-0.05, 0) is 49.5 Å². The van der Waals surface area contributed by atoms with Gasteiger partial charge in [-0.2, -0.15) is 0 Å². The van der Waals surface area contributed by atoms with Crippen molar-refractivity contribution in [2.24, 2.45) is 5.92 Å². The van der Waals surface area contributed by atoms with Gasteiger partial charge in [0.25, 0.3) is 0 Å². The fourth-order valence-electron chi connectivity index (χ4n) is 3.25. The van der Waals surface area contributed by atoms with E-state index in [1.807, 2.05) is 0 Å². The molecule has 0 saturated carbocycles. The number of nitrogens with one attached hydrogen (secondary N) is 1. The number of phenolic OH excluding ortho intramolecular Hbond substituents is 1. The first kappa shape index (κ1) is 26.1. The standard InChI is InChI=1S/C24H31NO8/c1-14-9-11-20(28)22(29)19(27)8-4-7-17-16(6-5-13-32-24(31)25-3)10-12-18(26)21(17)23(30)33-15(14)2/h4,7,9-12,14-15,19,22,26-27,29H,5-6,8,13H2,1-3H3,(H,25,31)/b7-4+,11-9-/t14?,15-,19-,22?/m0/s1. The minimum absolute atomic E-state index is 0.0258. The molecule has 0 spiro atoms. The van der Waals surface area contributed by atoms with E-state index in [4.69, 9.17) is 9.47 Å². The summed E-state index contributed by atoms with van der Waals surface area (Å²) in [6, 6.07) is 3.05. The average molecular weight is 462 g/mol. The lowest BCUT2D eigenvalue weighted by Gasteiger charge is -2.21. The number of aromatic hydroxyl groups is 1. The van der Waals surface area contributed by atoms with Gasteiger partial charge in [-0.15, -0.1) is 0 Å². The van der Waals surface area contributed by atoms with Gasteiger partial charge in [0.05, 0.1) is 12.7 Å². The highest BCUT2D eigenvalue weighted by atomic mass is 16.5. The Morgan fingerprint density at radius 1 is 1.21 bits per heavy atom. The predicted molar refractivity (Wildman–Crippen MR) is 121 cm³/mol. The molecular formula is C24H31NO8. The molecule has 33 heavy (non-hydrogen) atoms. The molecule has 4 atom stereocenters. The summed E-state index contributed by atoms with van der Waals surface area (Å²) in [7, 11) is 1.46. The van der Waals surface area contributed by atoms with Crippen LogP contribution in [0, 0.1) is 5.92 Å². The number of amides is 1. The third-order valence-corrected chi connectivity index (χ3v) is 5.46. The van der Waals surface area contributed by atoms with Crippen LogP contribution in [-0.4, -0.2) is 65.1 Å². The molecule has 1 heterocycles. The minimum Gasteiger partial charge on any atom is -0.507 e. The van der Waals surface area contributed by atoms with Crippen LogP contribution in [0.15, 0.2) is 30.4 Å². The number of aryl methyl sites for hydroxylation is 1. The normalized spacial score (nSPS) is 25.8. The van der Waals surface area contributed by atoms with Crippen LogP contribution in [-0.2, 0) is 20.7 Å². The second kappa shape index (κ2) is 12.2. The Balaban J connectivity index is 2.41. The van der Waals surface area contributed by atoms with Gasteiger partial charge >= 0.3 is 12.1 Å². The molecule has 1 aliphatic heterocycles. The number of esters is 1. The van der Waals surface area contributed by atoms with Gasteiger partial charge in [-0.25, -0.2) is 9.59 Å². The summed E-state index contributed by atoms with van der Waals surface area (Å²) >= 11 is 0. The average Bonchev–Trinajstić information content (AvgIpc) is 2.79. The number of fused-ring (bicyclic) bond motifs is 1. The van der Waals surface area contributed by atoms with Crippen molar-refractivity contribution in [1.82, 2.24) is 5.32 Å². The molecule has 0 aromatic heterocycles. The van der Waals surface area contributed by atoms with Gasteiger partial charge < -0.3 is 30.1 Å². The fraction of sp³-hybridized carbons (Fsp3) is 0.458. The van der Waals surface area contributed by atoms with E-state index < -0.39 is 36.2 Å². The molecule has 2 rings (SSSR count). The Labute approximate surface area is 192 Å². The van der Waals surface area contributed by atoms with Gasteiger partial charge in [-0.3, -0.25) is 4.79 Å². The van der Waals surface area contributed by atoms with E-state index in [9.17, 15) is 29.7 Å². The maximum atomic E-state index is 13.0. The number of aliphatic hydroxyl groups excluding tert-OH is 2. The summed E-state index contributed by atoms with van der Waals surface area (Å²) in [6.45, 7) is 3.54. The van der Waals surface area contributed by atoms with Gasteiger partial charge in [-0.1, -0.05) is 31.2 Å². The van der Waals surface area contributed by atoms with E-state index in [0.29, 0.717) is 24.0 Å². The molecule has 2 unspecified atom stereocenters. The van der Waals surface area contributed by atoms with Crippen molar-refractivity contribution in [2.75, 3.05) is 13.7 Å². The smallest absolute Gasteiger partial charge is 0.406 e. The van der Waals surface area contributed by atoms with Crippen molar-refractivity contribution in [3.8, 4) is 5.75 Å². The monoisotopic (exact) mass is 461 g/mol. The maximum Gasteiger partial charge on any atom is 0.406 e. The van der Waals surface area contributed by atoms with E-state index in [1.165, 1.54) is 31.3 Å². The number of phenols is 1. The zero-order valence-electron chi connectivity index (χ0n) is 19.0. The quantitative estimate of drug-likeness (QED) is 0.395. The molecule has 1 aromatic carbocycles. The van der Waals surface area contributed by atoms with E-state index in [1.54, 1.807) is 26.0 Å². The third-order valence-electron chi connectivity index (χ3n) is 5.46. The van der Waals surface area contributed by atoms with Crippen LogP contribution in [0.5, 0.6) is 5.75 Å². The van der Waals surface area contributed by atoms with E-state index in [2.05, 4.69) is 5.32 Å². The number of carbonyl (C=O) groups is 3. The van der Waals surface area contributed by atoms with Crippen molar-refractivity contribution in [3.05, 3.63) is 47.1 Å². The zero-order valence-corrected chi connectivity index (χ0v) is 19.0. The summed E-state index contributed by atoms with van der Waals surface area (Å²) in [5, 5.41) is 33.1. The number of ketones is 1. The maximum absolute atomic E-state index is 13.0. The number of benzene rings is 1. The second-order valence-corrected chi connectivity index (χ2v) is 7.90. The molecule has 1 aromatic rings. The van der Waals surface area contributed by atoms with Crippen LogP contribution >= 0.6 is 0 Å². The second-order valence-electron chi connectivity index (χ2n) is 7.90. The Morgan fingerprint density at radius 3 is 2.64 bits per heavy atom. The Morgan fingerprint density at radius 2 is 1.94 bits per heavy atom. The molecule has 0 aliphatic carbocycles. The van der Waals surface area contributed by atoms with Crippen molar-refractivity contribution >= 4 is 23.9 Å². The number of hydrogen-bond donors (Lipinski definition) is 4. The van der Waals surface area contributed by atoms with Gasteiger partial charge in [0.2, 0.25) is 0 Å². The molecule has 0 radical (unpaired) electrons. The first-order valence-corrected chi connectivity index (χ1v) is 10.8. The highest BCUT2D eigenvalue weighted by Gasteiger charge is 2.25. The molecular weight excluding hydrogens is 430 g/mol. The fourth-order valence-corrected chi connectivity index (χ4v) is 3.25. The number of alkyl carbamates (subject to hydrolysis) is 1. The summed E-state index contributed by atoms with van der Waals surface area (Å²) in [5.74, 6) is -2.00. The number of cyclic esters (lactones) is 1. The Hall–Kier alpha value is -3.17. The van der Waals surface area contributed by atoms with Crippen LogP contribution < -0.4 is 5.32 Å². The van der Waals surface area contributed by atoms with Gasteiger partial charge in [0.15, 0.2) is 5.78 Å². The summed E-state index contributed by atoms with van der Waals surface area (Å²) in [6.07, 6.45) is 2.44. The lowest BCUT2D eigenvalue weighted by molar-refractivity contribution is -0.127. The van der Waals surface area contributed by atoms with Gasteiger partial charge in [0.1, 0.15) is 23.5 Å². The molecule has 180 valence electrons. The summed E-state index contributed by atoms with van der Waals surface area (Å²) in [5.41, 5.74) is 1.05. The molecule has 1 amide bonds. The minimum atomic E-state index is -1.59. The van der Waals surface area contributed by atoms with Crippen LogP contribution in [0.3, 0.4) is 0 Å². The molecule has 1 aliphatic rings. The third kappa shape index (κ3) is 7.16. The van der Waals surface area contributed by atoms with Crippen LogP contribution in [0.25, 0.3) is 6.08 Å². The van der Waals surface area contributed by atoms with E-state index in [0.717, 1.165) is 0 Å². The topological polar surface area (TPSA) is 142 Å². The summed E-state index contributed by atoms with van der Waals surface area (Å²) < 4.78 is 10.5. The molecule has 0 bridgehead atoms. The lowest BCUT2D eigenvalue weighted by Crippen LogP contribution is -2.32. The van der Waals surface area contributed by atoms with Crippen molar-refractivity contribution in [2.45, 2.75) is 51.4 Å². The number of aliphatic hydroxyl groups is 2. The van der Waals surface area contributed by atoms with Crippen molar-refractivity contribution in [1.29, 1.82) is 0 Å². The van der Waals surface area contributed by atoms with Crippen molar-refractivity contribution in [3.63, 3.8) is 0 Å². The Bertz CT molecular complexity index is 923. The van der Waals surface area contributed by atoms with Crippen LogP contribution in [0.2, 0.25) is 0 Å². The molecule has 9 heteroatoms. The molecule has 9 nitrogen and oxygen atoms in total. The van der Waals surface area contributed by atoms with Crippen LogP contribution in [0.4, 0.5) is 4.79 Å². The number of ether oxygens (including phenoxy) is 2. The number of carbonyl (C=O) groups excluding carboxylic acids is 3. The number of rotatable bonds is 4. The zero-order chi connectivity index (χ0) is 24.5. The first-order valence-electron chi connectivity index (χ1n) is 10.8. The van der Waals surface area contributed by atoms with E-state index >= 15 is 0 Å². The summed E-state index contributed by atoms with van der Waals surface area (Å²) in [4.78, 5) is 36.3. The SMILES string of the molecule is CNC(=O)OCCCc1ccc(O)c2c1/C=C/C[C@H](O)C(O)C(=O)/C=C\C(C)[C@H](C)OC2=O. The number of hydrogen-bond acceptors (Lipinski definition) is 8. The van der Waals surface area contributed by atoms with Gasteiger partial charge in [0, 0.05) is 13.0 Å². The van der Waals surface area contributed by atoms with E-state index in [-0.39, 0.29) is 30.3 Å². The van der Waals surface area contributed by atoms with Crippen LogP contribution in [0.1, 0.15) is 48.2 Å². The highest BCUT2D eigenvalue weighted by Crippen LogP contribution is 2.29. The predicted octanol–water partition coefficient (Wildman–Crippen LogP) is 2.13. The Kier molecular flexibility index (Phi) is 9.62. The largest absolute Gasteiger partial charge is 0.507 e. The first-order chi connectivity index (χ1) is 15.6.